The lowest BCUT2D eigenvalue weighted by molar-refractivity contribution is 0.0787. The Morgan fingerprint density at radius 1 is 1.23 bits per heavy atom. The number of likely N-dealkylation sites (tertiary alicyclic amines) is 1. The first-order chi connectivity index (χ1) is 12.4. The Morgan fingerprint density at radius 2 is 1.88 bits per heavy atom. The van der Waals surface area contributed by atoms with E-state index < -0.39 is 10.0 Å². The molecule has 2 heterocycles. The minimum atomic E-state index is -3.66. The van der Waals surface area contributed by atoms with Gasteiger partial charge in [-0.3, -0.25) is 4.79 Å². The standard InChI is InChI=1S/C18H23N3O3S2/c1-20(13-14-5-7-15(25-2)8-6-14)26(23,24)16-11-17(19-12-16)18(22)21-9-3-4-10-21/h5-8,11-12,19H,3-4,9-10,13H2,1-2H3. The predicted octanol–water partition coefficient (Wildman–Crippen LogP) is 2.79. The smallest absolute Gasteiger partial charge is 0.270 e. The third kappa shape index (κ3) is 3.97. The first kappa shape index (κ1) is 19.0. The van der Waals surface area contributed by atoms with Crippen molar-refractivity contribution < 1.29 is 13.2 Å². The number of amides is 1. The normalized spacial score (nSPS) is 15.0. The van der Waals surface area contributed by atoms with Crippen LogP contribution in [-0.2, 0) is 16.6 Å². The molecule has 1 aromatic heterocycles. The molecule has 0 spiro atoms. The van der Waals surface area contributed by atoms with E-state index >= 15 is 0 Å². The number of aromatic amines is 1. The molecule has 1 fully saturated rings. The summed E-state index contributed by atoms with van der Waals surface area (Å²) in [5.74, 6) is -0.140. The number of rotatable bonds is 6. The largest absolute Gasteiger partial charge is 0.356 e. The summed E-state index contributed by atoms with van der Waals surface area (Å²) in [7, 11) is -2.11. The molecule has 0 unspecified atom stereocenters. The van der Waals surface area contributed by atoms with Crippen molar-refractivity contribution in [1.29, 1.82) is 0 Å². The van der Waals surface area contributed by atoms with E-state index in [0.717, 1.165) is 36.4 Å². The van der Waals surface area contributed by atoms with Crippen molar-refractivity contribution in [2.75, 3.05) is 26.4 Å². The van der Waals surface area contributed by atoms with Crippen LogP contribution in [0.2, 0.25) is 0 Å². The van der Waals surface area contributed by atoms with Gasteiger partial charge in [0.15, 0.2) is 0 Å². The second kappa shape index (κ2) is 7.85. The van der Waals surface area contributed by atoms with Gasteiger partial charge in [-0.05, 0) is 42.9 Å². The number of H-pyrrole nitrogens is 1. The first-order valence-electron chi connectivity index (χ1n) is 8.49. The SMILES string of the molecule is CSc1ccc(CN(C)S(=O)(=O)c2c[nH]c(C(=O)N3CCCC3)c2)cc1. The summed E-state index contributed by atoms with van der Waals surface area (Å²) in [4.78, 5) is 18.2. The van der Waals surface area contributed by atoms with Gasteiger partial charge in [0, 0.05) is 37.8 Å². The van der Waals surface area contributed by atoms with E-state index in [9.17, 15) is 13.2 Å². The number of nitrogens with one attached hydrogen (secondary N) is 1. The number of nitrogens with zero attached hydrogens (tertiary/aromatic N) is 2. The monoisotopic (exact) mass is 393 g/mol. The van der Waals surface area contributed by atoms with Crippen LogP contribution in [-0.4, -0.2) is 54.9 Å². The third-order valence-electron chi connectivity index (χ3n) is 4.55. The zero-order chi connectivity index (χ0) is 18.7. The molecule has 1 aliphatic rings. The Balaban J connectivity index is 1.73. The van der Waals surface area contributed by atoms with Crippen molar-refractivity contribution >= 4 is 27.7 Å². The van der Waals surface area contributed by atoms with Gasteiger partial charge in [0.05, 0.1) is 0 Å². The molecule has 0 radical (unpaired) electrons. The Bertz CT molecular complexity index is 869. The van der Waals surface area contributed by atoms with Crippen LogP contribution in [0.4, 0.5) is 0 Å². The van der Waals surface area contributed by atoms with Crippen LogP contribution in [0.15, 0.2) is 46.3 Å². The number of carbonyl (C=O) groups is 1. The predicted molar refractivity (Wildman–Crippen MR) is 103 cm³/mol. The van der Waals surface area contributed by atoms with E-state index in [2.05, 4.69) is 4.98 Å². The molecule has 2 aromatic rings. The van der Waals surface area contributed by atoms with Gasteiger partial charge in [-0.15, -0.1) is 11.8 Å². The minimum absolute atomic E-state index is 0.114. The number of benzene rings is 1. The second-order valence-electron chi connectivity index (χ2n) is 6.36. The van der Waals surface area contributed by atoms with Crippen LogP contribution < -0.4 is 0 Å². The van der Waals surface area contributed by atoms with Crippen molar-refractivity contribution in [2.45, 2.75) is 29.2 Å². The maximum Gasteiger partial charge on any atom is 0.270 e. The van der Waals surface area contributed by atoms with E-state index in [4.69, 9.17) is 0 Å². The molecule has 26 heavy (non-hydrogen) atoms. The Kier molecular flexibility index (Phi) is 5.74. The average molecular weight is 394 g/mol. The summed E-state index contributed by atoms with van der Waals surface area (Å²) in [6, 6.07) is 9.24. The lowest BCUT2D eigenvalue weighted by Crippen LogP contribution is -2.28. The van der Waals surface area contributed by atoms with Crippen LogP contribution in [0, 0.1) is 0 Å². The van der Waals surface area contributed by atoms with E-state index in [1.165, 1.54) is 16.6 Å². The molecular weight excluding hydrogens is 370 g/mol. The molecule has 140 valence electrons. The Morgan fingerprint density at radius 3 is 2.50 bits per heavy atom. The molecular formula is C18H23N3O3S2. The van der Waals surface area contributed by atoms with Gasteiger partial charge >= 0.3 is 0 Å². The lowest BCUT2D eigenvalue weighted by Gasteiger charge is -2.16. The summed E-state index contributed by atoms with van der Waals surface area (Å²) < 4.78 is 26.9. The molecule has 1 aromatic carbocycles. The third-order valence-corrected chi connectivity index (χ3v) is 7.08. The highest BCUT2D eigenvalue weighted by atomic mass is 32.2. The number of sulfonamides is 1. The van der Waals surface area contributed by atoms with Crippen molar-refractivity contribution in [2.24, 2.45) is 0 Å². The van der Waals surface area contributed by atoms with Gasteiger partial charge < -0.3 is 9.88 Å². The highest BCUT2D eigenvalue weighted by Crippen LogP contribution is 2.21. The van der Waals surface area contributed by atoms with Gasteiger partial charge in [0.2, 0.25) is 10.0 Å². The van der Waals surface area contributed by atoms with E-state index in [0.29, 0.717) is 5.69 Å². The molecule has 8 heteroatoms. The van der Waals surface area contributed by atoms with Gasteiger partial charge in [-0.25, -0.2) is 8.42 Å². The minimum Gasteiger partial charge on any atom is -0.356 e. The van der Waals surface area contributed by atoms with Gasteiger partial charge in [-0.2, -0.15) is 4.31 Å². The number of carbonyl (C=O) groups excluding carboxylic acids is 1. The van der Waals surface area contributed by atoms with Crippen LogP contribution >= 0.6 is 11.8 Å². The average Bonchev–Trinajstić information content (AvgIpc) is 3.34. The molecule has 0 aliphatic carbocycles. The van der Waals surface area contributed by atoms with Crippen LogP contribution in [0.3, 0.4) is 0 Å². The highest BCUT2D eigenvalue weighted by Gasteiger charge is 2.26. The molecule has 0 bridgehead atoms. The molecule has 1 N–H and O–H groups in total. The molecule has 0 atom stereocenters. The molecule has 1 aliphatic heterocycles. The fourth-order valence-electron chi connectivity index (χ4n) is 2.99. The molecule has 1 saturated heterocycles. The van der Waals surface area contributed by atoms with Crippen molar-refractivity contribution in [1.82, 2.24) is 14.2 Å². The van der Waals surface area contributed by atoms with E-state index in [1.807, 2.05) is 30.5 Å². The van der Waals surface area contributed by atoms with Crippen molar-refractivity contribution in [3.8, 4) is 0 Å². The number of hydrogen-bond acceptors (Lipinski definition) is 4. The maximum absolute atomic E-state index is 12.8. The quantitative estimate of drug-likeness (QED) is 0.766. The lowest BCUT2D eigenvalue weighted by atomic mass is 10.2. The van der Waals surface area contributed by atoms with Gasteiger partial charge in [0.25, 0.3) is 5.91 Å². The van der Waals surface area contributed by atoms with Crippen LogP contribution in [0.25, 0.3) is 0 Å². The Labute approximate surface area is 158 Å². The summed E-state index contributed by atoms with van der Waals surface area (Å²) in [6.07, 6.45) is 5.38. The fraction of sp³-hybridized carbons (Fsp3) is 0.389. The molecule has 0 saturated carbocycles. The maximum atomic E-state index is 12.8. The Hall–Kier alpha value is -1.77. The van der Waals surface area contributed by atoms with Crippen molar-refractivity contribution in [3.05, 3.63) is 47.8 Å². The number of aromatic nitrogens is 1. The number of hydrogen-bond donors (Lipinski definition) is 1. The molecule has 6 nitrogen and oxygen atoms in total. The van der Waals surface area contributed by atoms with Crippen molar-refractivity contribution in [3.63, 3.8) is 0 Å². The first-order valence-corrected chi connectivity index (χ1v) is 11.2. The molecule has 3 rings (SSSR count). The van der Waals surface area contributed by atoms with E-state index in [-0.39, 0.29) is 17.3 Å². The van der Waals surface area contributed by atoms with E-state index in [1.54, 1.807) is 23.7 Å². The summed E-state index contributed by atoms with van der Waals surface area (Å²) in [5.41, 5.74) is 1.24. The van der Waals surface area contributed by atoms with Crippen LogP contribution in [0.1, 0.15) is 28.9 Å². The molecule has 1 amide bonds. The van der Waals surface area contributed by atoms with Crippen LogP contribution in [0.5, 0.6) is 0 Å². The fourth-order valence-corrected chi connectivity index (χ4v) is 4.55. The summed E-state index contributed by atoms with van der Waals surface area (Å²) in [6.45, 7) is 1.73. The second-order valence-corrected chi connectivity index (χ2v) is 9.28. The topological polar surface area (TPSA) is 73.5 Å². The zero-order valence-corrected chi connectivity index (χ0v) is 16.6. The summed E-state index contributed by atoms with van der Waals surface area (Å²) in [5, 5.41) is 0. The number of thioether (sulfide) groups is 1. The summed E-state index contributed by atoms with van der Waals surface area (Å²) >= 11 is 1.64. The van der Waals surface area contributed by atoms with Gasteiger partial charge in [-0.1, -0.05) is 12.1 Å². The van der Waals surface area contributed by atoms with Gasteiger partial charge in [0.1, 0.15) is 10.6 Å². The zero-order valence-electron chi connectivity index (χ0n) is 14.9. The highest BCUT2D eigenvalue weighted by molar-refractivity contribution is 7.98.